The van der Waals surface area contributed by atoms with E-state index in [1.54, 1.807) is 12.1 Å². The molecule has 1 saturated carbocycles. The molecule has 1 nitrogen and oxygen atoms in total. The maximum Gasteiger partial charge on any atom is 0.124 e. The van der Waals surface area contributed by atoms with Gasteiger partial charge in [-0.15, -0.1) is 0 Å². The lowest BCUT2D eigenvalue weighted by Gasteiger charge is -2.36. The maximum atomic E-state index is 13.2. The Labute approximate surface area is 130 Å². The molecule has 2 N–H and O–H groups in total. The van der Waals surface area contributed by atoms with E-state index in [-0.39, 0.29) is 5.82 Å². The van der Waals surface area contributed by atoms with Crippen LogP contribution in [0.3, 0.4) is 0 Å². The van der Waals surface area contributed by atoms with E-state index in [2.05, 4.69) is 22.9 Å². The lowest BCUT2D eigenvalue weighted by Crippen LogP contribution is -2.31. The molecule has 0 aromatic heterocycles. The van der Waals surface area contributed by atoms with Gasteiger partial charge in [-0.05, 0) is 61.3 Å². The zero-order valence-electron chi connectivity index (χ0n) is 12.2. The summed E-state index contributed by atoms with van der Waals surface area (Å²) in [6, 6.07) is 5.04. The Morgan fingerprint density at radius 3 is 2.75 bits per heavy atom. The molecular weight excluding hydrogens is 317 g/mol. The van der Waals surface area contributed by atoms with Crippen LogP contribution in [-0.4, -0.2) is 6.54 Å². The summed E-state index contributed by atoms with van der Waals surface area (Å²) in [5, 5.41) is 0. The van der Waals surface area contributed by atoms with Crippen LogP contribution >= 0.6 is 15.9 Å². The highest BCUT2D eigenvalue weighted by molar-refractivity contribution is 9.10. The fraction of sp³-hybridized carbons (Fsp3) is 0.647. The molecule has 0 bridgehead atoms. The lowest BCUT2D eigenvalue weighted by molar-refractivity contribution is 0.175. The first-order valence-corrected chi connectivity index (χ1v) is 8.57. The third-order valence-corrected chi connectivity index (χ3v) is 5.48. The molecule has 1 aromatic carbocycles. The predicted octanol–water partition coefficient (Wildman–Crippen LogP) is 4.92. The van der Waals surface area contributed by atoms with Crippen LogP contribution in [0, 0.1) is 23.6 Å². The van der Waals surface area contributed by atoms with Crippen molar-refractivity contribution >= 4 is 15.9 Å². The van der Waals surface area contributed by atoms with Crippen molar-refractivity contribution in [1.82, 2.24) is 0 Å². The van der Waals surface area contributed by atoms with Gasteiger partial charge in [0.25, 0.3) is 0 Å². The van der Waals surface area contributed by atoms with E-state index in [9.17, 15) is 4.39 Å². The average Bonchev–Trinajstić information content (AvgIpc) is 2.43. The quantitative estimate of drug-likeness (QED) is 0.807. The Kier molecular flexibility index (Phi) is 6.03. The molecule has 1 aromatic rings. The Balaban J connectivity index is 2.07. The predicted molar refractivity (Wildman–Crippen MR) is 86.1 cm³/mol. The van der Waals surface area contributed by atoms with Crippen molar-refractivity contribution in [1.29, 1.82) is 0 Å². The minimum atomic E-state index is -0.177. The second-order valence-corrected chi connectivity index (χ2v) is 7.02. The molecule has 1 fully saturated rings. The Hall–Kier alpha value is -0.410. The molecule has 2 rings (SSSR count). The number of nitrogens with two attached hydrogens (primary N) is 1. The second-order valence-electron chi connectivity index (χ2n) is 6.16. The zero-order valence-corrected chi connectivity index (χ0v) is 13.8. The minimum absolute atomic E-state index is 0.177. The first-order chi connectivity index (χ1) is 9.63. The summed E-state index contributed by atoms with van der Waals surface area (Å²) < 4.78 is 14.1. The van der Waals surface area contributed by atoms with E-state index in [4.69, 9.17) is 5.73 Å². The van der Waals surface area contributed by atoms with Gasteiger partial charge in [-0.1, -0.05) is 48.2 Å². The number of halogens is 2. The molecule has 0 heterocycles. The van der Waals surface area contributed by atoms with E-state index < -0.39 is 0 Å². The average molecular weight is 342 g/mol. The molecule has 0 aliphatic heterocycles. The van der Waals surface area contributed by atoms with Crippen molar-refractivity contribution in [3.63, 3.8) is 0 Å². The Morgan fingerprint density at radius 2 is 2.10 bits per heavy atom. The van der Waals surface area contributed by atoms with E-state index in [0.29, 0.717) is 11.8 Å². The number of rotatable bonds is 5. The van der Waals surface area contributed by atoms with Crippen molar-refractivity contribution in [2.24, 2.45) is 23.5 Å². The summed E-state index contributed by atoms with van der Waals surface area (Å²) in [6.07, 6.45) is 7.48. The van der Waals surface area contributed by atoms with E-state index in [1.807, 2.05) is 6.07 Å². The molecular formula is C17H25BrFN. The maximum absolute atomic E-state index is 13.2. The third kappa shape index (κ3) is 4.05. The molecule has 1 aliphatic carbocycles. The SMILES string of the molecule is CCCC1CCC(CN)C(Cc2ccc(F)cc2Br)C1. The normalized spacial score (nSPS) is 26.7. The molecule has 3 unspecified atom stereocenters. The zero-order chi connectivity index (χ0) is 14.5. The standard InChI is InChI=1S/C17H25BrFN/c1-2-3-12-4-5-14(11-20)15(8-12)9-13-6-7-16(19)10-17(13)18/h6-7,10,12,14-15H,2-5,8-9,11,20H2,1H3. The van der Waals surface area contributed by atoms with Crippen LogP contribution in [0.1, 0.15) is 44.6 Å². The highest BCUT2D eigenvalue weighted by Gasteiger charge is 2.29. The number of hydrogen-bond donors (Lipinski definition) is 1. The van der Waals surface area contributed by atoms with E-state index in [0.717, 1.165) is 23.4 Å². The largest absolute Gasteiger partial charge is 0.330 e. The fourth-order valence-electron chi connectivity index (χ4n) is 3.62. The molecule has 20 heavy (non-hydrogen) atoms. The number of benzene rings is 1. The van der Waals surface area contributed by atoms with Gasteiger partial charge < -0.3 is 5.73 Å². The molecule has 0 radical (unpaired) electrons. The first kappa shape index (κ1) is 16.0. The van der Waals surface area contributed by atoms with E-state index in [1.165, 1.54) is 37.7 Å². The molecule has 0 spiro atoms. The van der Waals surface area contributed by atoms with Gasteiger partial charge in [0.1, 0.15) is 5.82 Å². The van der Waals surface area contributed by atoms with Crippen LogP contribution < -0.4 is 5.73 Å². The smallest absolute Gasteiger partial charge is 0.124 e. The second kappa shape index (κ2) is 7.56. The van der Waals surface area contributed by atoms with Crippen LogP contribution in [0.25, 0.3) is 0 Å². The Morgan fingerprint density at radius 1 is 1.30 bits per heavy atom. The van der Waals surface area contributed by atoms with Gasteiger partial charge in [0.05, 0.1) is 0 Å². The van der Waals surface area contributed by atoms with Crippen molar-refractivity contribution in [3.8, 4) is 0 Å². The minimum Gasteiger partial charge on any atom is -0.330 e. The Bertz CT molecular complexity index is 435. The highest BCUT2D eigenvalue weighted by Crippen LogP contribution is 2.38. The van der Waals surface area contributed by atoms with Gasteiger partial charge in [-0.3, -0.25) is 0 Å². The fourth-order valence-corrected chi connectivity index (χ4v) is 4.14. The highest BCUT2D eigenvalue weighted by atomic mass is 79.9. The van der Waals surface area contributed by atoms with Gasteiger partial charge in [-0.25, -0.2) is 4.39 Å². The summed E-state index contributed by atoms with van der Waals surface area (Å²) in [5.41, 5.74) is 7.17. The topological polar surface area (TPSA) is 26.0 Å². The molecule has 1 aliphatic rings. The summed E-state index contributed by atoms with van der Waals surface area (Å²) in [7, 11) is 0. The molecule has 3 atom stereocenters. The first-order valence-electron chi connectivity index (χ1n) is 7.78. The molecule has 112 valence electrons. The van der Waals surface area contributed by atoms with Gasteiger partial charge in [0.2, 0.25) is 0 Å². The van der Waals surface area contributed by atoms with Crippen LogP contribution in [0.15, 0.2) is 22.7 Å². The van der Waals surface area contributed by atoms with Gasteiger partial charge in [0.15, 0.2) is 0 Å². The molecule has 0 amide bonds. The van der Waals surface area contributed by atoms with Gasteiger partial charge >= 0.3 is 0 Å². The van der Waals surface area contributed by atoms with Crippen LogP contribution in [0.2, 0.25) is 0 Å². The van der Waals surface area contributed by atoms with Crippen molar-refractivity contribution < 1.29 is 4.39 Å². The summed E-state index contributed by atoms with van der Waals surface area (Å²) >= 11 is 3.49. The molecule has 0 saturated heterocycles. The van der Waals surface area contributed by atoms with Crippen LogP contribution in [-0.2, 0) is 6.42 Å². The van der Waals surface area contributed by atoms with Gasteiger partial charge in [0, 0.05) is 4.47 Å². The summed E-state index contributed by atoms with van der Waals surface area (Å²) in [5.74, 6) is 1.95. The number of hydrogen-bond acceptors (Lipinski definition) is 1. The van der Waals surface area contributed by atoms with Crippen molar-refractivity contribution in [2.45, 2.75) is 45.4 Å². The monoisotopic (exact) mass is 341 g/mol. The van der Waals surface area contributed by atoms with Crippen LogP contribution in [0.4, 0.5) is 4.39 Å². The van der Waals surface area contributed by atoms with Crippen molar-refractivity contribution in [3.05, 3.63) is 34.1 Å². The third-order valence-electron chi connectivity index (χ3n) is 4.75. The van der Waals surface area contributed by atoms with Gasteiger partial charge in [-0.2, -0.15) is 0 Å². The van der Waals surface area contributed by atoms with Crippen molar-refractivity contribution in [2.75, 3.05) is 6.54 Å². The van der Waals surface area contributed by atoms with Crippen LogP contribution in [0.5, 0.6) is 0 Å². The summed E-state index contributed by atoms with van der Waals surface area (Å²) in [4.78, 5) is 0. The molecule has 3 heteroatoms. The lowest BCUT2D eigenvalue weighted by atomic mass is 9.70. The van der Waals surface area contributed by atoms with E-state index >= 15 is 0 Å². The summed E-state index contributed by atoms with van der Waals surface area (Å²) in [6.45, 7) is 3.04.